The predicted molar refractivity (Wildman–Crippen MR) is 82.1 cm³/mol. The van der Waals surface area contributed by atoms with Gasteiger partial charge in [-0.1, -0.05) is 0 Å². The van der Waals surface area contributed by atoms with Crippen LogP contribution in [0.2, 0.25) is 0 Å². The van der Waals surface area contributed by atoms with E-state index in [1.54, 1.807) is 25.3 Å². The molecule has 0 saturated carbocycles. The third-order valence-electron chi connectivity index (χ3n) is 3.46. The Balaban J connectivity index is 2.06. The Bertz CT molecular complexity index is 482. The molecule has 1 fully saturated rings. The van der Waals surface area contributed by atoms with E-state index < -0.39 is 0 Å². The summed E-state index contributed by atoms with van der Waals surface area (Å²) in [5, 5.41) is 6.36. The monoisotopic (exact) mass is 292 g/mol. The molecule has 0 aliphatic carbocycles. The first-order valence-electron chi connectivity index (χ1n) is 7.46. The van der Waals surface area contributed by atoms with Crippen molar-refractivity contribution in [2.75, 3.05) is 20.2 Å². The first-order chi connectivity index (χ1) is 10.1. The zero-order chi connectivity index (χ0) is 15.2. The van der Waals surface area contributed by atoms with Crippen molar-refractivity contribution in [3.63, 3.8) is 0 Å². The number of amides is 1. The number of rotatable bonds is 5. The van der Waals surface area contributed by atoms with Crippen LogP contribution >= 0.6 is 0 Å². The Morgan fingerprint density at radius 3 is 2.62 bits per heavy atom. The molecule has 1 aliphatic rings. The summed E-state index contributed by atoms with van der Waals surface area (Å²) in [6, 6.07) is 5.54. The van der Waals surface area contributed by atoms with Crippen molar-refractivity contribution in [3.05, 3.63) is 23.8 Å². The molecular formula is C16H24N2O3. The molecule has 1 aliphatic heterocycles. The molecule has 1 amide bonds. The first kappa shape index (κ1) is 15.6. The minimum atomic E-state index is -0.0590. The molecule has 0 radical (unpaired) electrons. The lowest BCUT2D eigenvalue weighted by Gasteiger charge is -2.23. The van der Waals surface area contributed by atoms with Gasteiger partial charge in [0.15, 0.2) is 11.5 Å². The van der Waals surface area contributed by atoms with E-state index in [-0.39, 0.29) is 18.1 Å². The molecule has 0 aromatic heterocycles. The van der Waals surface area contributed by atoms with Crippen molar-refractivity contribution in [2.45, 2.75) is 38.8 Å². The molecular weight excluding hydrogens is 268 g/mol. The molecule has 5 heteroatoms. The number of carbonyl (C=O) groups is 1. The van der Waals surface area contributed by atoms with E-state index in [0.717, 1.165) is 25.9 Å². The lowest BCUT2D eigenvalue weighted by Crippen LogP contribution is -2.42. The van der Waals surface area contributed by atoms with Crippen molar-refractivity contribution in [1.29, 1.82) is 0 Å². The number of ether oxygens (including phenoxy) is 2. The van der Waals surface area contributed by atoms with Gasteiger partial charge in [-0.2, -0.15) is 0 Å². The van der Waals surface area contributed by atoms with Crippen LogP contribution in [0.5, 0.6) is 11.5 Å². The maximum Gasteiger partial charge on any atom is 0.251 e. The Hall–Kier alpha value is -1.75. The molecule has 2 N–H and O–H groups in total. The van der Waals surface area contributed by atoms with Gasteiger partial charge in [-0.3, -0.25) is 4.79 Å². The minimum absolute atomic E-state index is 0.0590. The SMILES string of the molecule is COc1cc(C(=O)NC2CCNCC2)ccc1OC(C)C. The standard InChI is InChI=1S/C16H24N2O3/c1-11(2)21-14-5-4-12(10-15(14)20-3)16(19)18-13-6-8-17-9-7-13/h4-5,10-11,13,17H,6-9H2,1-3H3,(H,18,19). The molecule has 1 heterocycles. The van der Waals surface area contributed by atoms with Gasteiger partial charge < -0.3 is 20.1 Å². The van der Waals surface area contributed by atoms with Gasteiger partial charge in [0.2, 0.25) is 0 Å². The highest BCUT2D eigenvalue weighted by atomic mass is 16.5. The summed E-state index contributed by atoms with van der Waals surface area (Å²) in [4.78, 5) is 12.3. The predicted octanol–water partition coefficient (Wildman–Crippen LogP) is 1.96. The molecule has 1 aromatic rings. The number of carbonyl (C=O) groups excluding carboxylic acids is 1. The highest BCUT2D eigenvalue weighted by Gasteiger charge is 2.17. The summed E-state index contributed by atoms with van der Waals surface area (Å²) in [5.41, 5.74) is 0.599. The van der Waals surface area contributed by atoms with Gasteiger partial charge in [-0.15, -0.1) is 0 Å². The molecule has 1 aromatic carbocycles. The largest absolute Gasteiger partial charge is 0.493 e. The van der Waals surface area contributed by atoms with Crippen LogP contribution in [-0.4, -0.2) is 38.3 Å². The summed E-state index contributed by atoms with van der Waals surface area (Å²) >= 11 is 0. The molecule has 116 valence electrons. The Kier molecular flexibility index (Phi) is 5.44. The van der Waals surface area contributed by atoms with Gasteiger partial charge in [0, 0.05) is 11.6 Å². The van der Waals surface area contributed by atoms with Crippen molar-refractivity contribution in [3.8, 4) is 11.5 Å². The van der Waals surface area contributed by atoms with Gasteiger partial charge in [0.1, 0.15) is 0 Å². The van der Waals surface area contributed by atoms with Crippen LogP contribution in [0.15, 0.2) is 18.2 Å². The van der Waals surface area contributed by atoms with Gasteiger partial charge in [0.25, 0.3) is 5.91 Å². The molecule has 0 atom stereocenters. The summed E-state index contributed by atoms with van der Waals surface area (Å²) < 4.78 is 11.0. The van der Waals surface area contributed by atoms with Crippen molar-refractivity contribution < 1.29 is 14.3 Å². The Morgan fingerprint density at radius 2 is 2.00 bits per heavy atom. The van der Waals surface area contributed by atoms with E-state index in [1.165, 1.54) is 0 Å². The molecule has 0 unspecified atom stereocenters. The van der Waals surface area contributed by atoms with Crippen LogP contribution in [0.3, 0.4) is 0 Å². The smallest absolute Gasteiger partial charge is 0.251 e. The zero-order valence-corrected chi connectivity index (χ0v) is 12.9. The molecule has 2 rings (SSSR count). The topological polar surface area (TPSA) is 59.6 Å². The maximum atomic E-state index is 12.3. The highest BCUT2D eigenvalue weighted by molar-refractivity contribution is 5.95. The fourth-order valence-corrected chi connectivity index (χ4v) is 2.40. The number of hydrogen-bond acceptors (Lipinski definition) is 4. The maximum absolute atomic E-state index is 12.3. The Morgan fingerprint density at radius 1 is 1.29 bits per heavy atom. The zero-order valence-electron chi connectivity index (χ0n) is 12.9. The normalized spacial score (nSPS) is 15.8. The van der Waals surface area contributed by atoms with Crippen LogP contribution < -0.4 is 20.1 Å². The van der Waals surface area contributed by atoms with Crippen LogP contribution in [0, 0.1) is 0 Å². The molecule has 0 bridgehead atoms. The first-order valence-corrected chi connectivity index (χ1v) is 7.46. The number of nitrogens with one attached hydrogen (secondary N) is 2. The summed E-state index contributed by atoms with van der Waals surface area (Å²) in [7, 11) is 1.58. The van der Waals surface area contributed by atoms with Crippen LogP contribution in [0.25, 0.3) is 0 Å². The summed E-state index contributed by atoms with van der Waals surface area (Å²) in [6.07, 6.45) is 2.00. The van der Waals surface area contributed by atoms with E-state index in [1.807, 2.05) is 13.8 Å². The third-order valence-corrected chi connectivity index (χ3v) is 3.46. The molecule has 0 spiro atoms. The van der Waals surface area contributed by atoms with E-state index in [0.29, 0.717) is 17.1 Å². The van der Waals surface area contributed by atoms with Crippen LogP contribution in [0.4, 0.5) is 0 Å². The lowest BCUT2D eigenvalue weighted by atomic mass is 10.1. The molecule has 21 heavy (non-hydrogen) atoms. The number of benzene rings is 1. The van der Waals surface area contributed by atoms with Crippen molar-refractivity contribution >= 4 is 5.91 Å². The van der Waals surface area contributed by atoms with Crippen molar-refractivity contribution in [2.24, 2.45) is 0 Å². The number of methoxy groups -OCH3 is 1. The van der Waals surface area contributed by atoms with Crippen LogP contribution in [-0.2, 0) is 0 Å². The van der Waals surface area contributed by atoms with Gasteiger partial charge >= 0.3 is 0 Å². The average molecular weight is 292 g/mol. The third kappa shape index (κ3) is 4.36. The van der Waals surface area contributed by atoms with E-state index in [4.69, 9.17) is 9.47 Å². The van der Waals surface area contributed by atoms with Crippen LogP contribution in [0.1, 0.15) is 37.0 Å². The quantitative estimate of drug-likeness (QED) is 0.871. The fraction of sp³-hybridized carbons (Fsp3) is 0.562. The fourth-order valence-electron chi connectivity index (χ4n) is 2.40. The second kappa shape index (κ2) is 7.31. The van der Waals surface area contributed by atoms with Gasteiger partial charge in [-0.25, -0.2) is 0 Å². The van der Waals surface area contributed by atoms with Crippen molar-refractivity contribution in [1.82, 2.24) is 10.6 Å². The minimum Gasteiger partial charge on any atom is -0.493 e. The second-order valence-electron chi connectivity index (χ2n) is 5.53. The van der Waals surface area contributed by atoms with Gasteiger partial charge in [-0.05, 0) is 58.0 Å². The van der Waals surface area contributed by atoms with E-state index >= 15 is 0 Å². The number of piperidine rings is 1. The van der Waals surface area contributed by atoms with E-state index in [2.05, 4.69) is 10.6 Å². The summed E-state index contributed by atoms with van der Waals surface area (Å²) in [5.74, 6) is 1.18. The number of hydrogen-bond donors (Lipinski definition) is 2. The molecule has 1 saturated heterocycles. The average Bonchev–Trinajstić information content (AvgIpc) is 2.48. The lowest BCUT2D eigenvalue weighted by molar-refractivity contribution is 0.0929. The van der Waals surface area contributed by atoms with E-state index in [9.17, 15) is 4.79 Å². The van der Waals surface area contributed by atoms with Gasteiger partial charge in [0.05, 0.1) is 13.2 Å². The Labute approximate surface area is 126 Å². The highest BCUT2D eigenvalue weighted by Crippen LogP contribution is 2.29. The molecule has 5 nitrogen and oxygen atoms in total. The second-order valence-corrected chi connectivity index (χ2v) is 5.53. The summed E-state index contributed by atoms with van der Waals surface area (Å²) in [6.45, 7) is 5.82.